The zero-order valence-corrected chi connectivity index (χ0v) is 10.9. The Morgan fingerprint density at radius 1 is 1.26 bits per heavy atom. The van der Waals surface area contributed by atoms with E-state index < -0.39 is 46.4 Å². The molecule has 2 saturated heterocycles. The highest BCUT2D eigenvalue weighted by Crippen LogP contribution is 2.32. The summed E-state index contributed by atoms with van der Waals surface area (Å²) in [5, 5.41) is 0.944. The van der Waals surface area contributed by atoms with Gasteiger partial charge >= 0.3 is 6.18 Å². The van der Waals surface area contributed by atoms with Crippen LogP contribution in [0.5, 0.6) is 0 Å². The van der Waals surface area contributed by atoms with Gasteiger partial charge in [0.15, 0.2) is 9.84 Å². The molecule has 0 saturated carbocycles. The van der Waals surface area contributed by atoms with Crippen LogP contribution in [-0.4, -0.2) is 55.7 Å². The van der Waals surface area contributed by atoms with E-state index in [1.165, 1.54) is 0 Å². The summed E-state index contributed by atoms with van der Waals surface area (Å²) < 4.78 is 62.7. The van der Waals surface area contributed by atoms with Crippen LogP contribution in [0.1, 0.15) is 19.3 Å². The average Bonchev–Trinajstić information content (AvgIpc) is 2.26. The van der Waals surface area contributed by atoms with Crippen molar-refractivity contribution in [3.63, 3.8) is 0 Å². The second-order valence-corrected chi connectivity index (χ2v) is 7.13. The zero-order valence-electron chi connectivity index (χ0n) is 10.1. The van der Waals surface area contributed by atoms with Crippen LogP contribution in [0.15, 0.2) is 0 Å². The number of rotatable bonds is 1. The van der Waals surface area contributed by atoms with Crippen molar-refractivity contribution in [2.75, 3.05) is 18.8 Å². The Morgan fingerprint density at radius 2 is 1.95 bits per heavy atom. The van der Waals surface area contributed by atoms with Crippen LogP contribution in [0.4, 0.5) is 13.2 Å². The largest absolute Gasteiger partial charge is 0.405 e. The Kier molecular flexibility index (Phi) is 3.78. The number of piperazine rings is 1. The van der Waals surface area contributed by atoms with Gasteiger partial charge in [0.2, 0.25) is 5.91 Å². The first-order chi connectivity index (χ1) is 8.72. The van der Waals surface area contributed by atoms with E-state index in [0.29, 0.717) is 12.8 Å². The quantitative estimate of drug-likeness (QED) is 0.755. The summed E-state index contributed by atoms with van der Waals surface area (Å²) in [6.07, 6.45) is -3.37. The van der Waals surface area contributed by atoms with Gasteiger partial charge in [0, 0.05) is 6.54 Å². The summed E-state index contributed by atoms with van der Waals surface area (Å²) in [5.74, 6) is -0.679. The fraction of sp³-hybridized carbons (Fsp3) is 0.900. The highest BCUT2D eigenvalue weighted by atomic mass is 32.2. The SMILES string of the molecule is O=C1CN(C2CCCCS2(=O)=O)C(C(F)(F)F)CN1. The fourth-order valence-electron chi connectivity index (χ4n) is 2.58. The minimum atomic E-state index is -4.55. The fourth-order valence-corrected chi connectivity index (χ4v) is 4.61. The van der Waals surface area contributed by atoms with Crippen LogP contribution >= 0.6 is 0 Å². The second-order valence-electron chi connectivity index (χ2n) is 4.85. The van der Waals surface area contributed by atoms with Crippen molar-refractivity contribution in [3.05, 3.63) is 0 Å². The molecule has 0 radical (unpaired) electrons. The van der Waals surface area contributed by atoms with Crippen LogP contribution in [0.2, 0.25) is 0 Å². The predicted molar refractivity (Wildman–Crippen MR) is 61.0 cm³/mol. The Hall–Kier alpha value is -0.830. The van der Waals surface area contributed by atoms with Crippen LogP contribution in [0.25, 0.3) is 0 Å². The Morgan fingerprint density at radius 3 is 2.53 bits per heavy atom. The minimum absolute atomic E-state index is 0.111. The molecule has 2 fully saturated rings. The zero-order chi connectivity index (χ0) is 14.3. The van der Waals surface area contributed by atoms with Crippen molar-refractivity contribution >= 4 is 15.7 Å². The number of nitrogens with one attached hydrogen (secondary N) is 1. The number of amides is 1. The molecule has 2 aliphatic rings. The smallest absolute Gasteiger partial charge is 0.353 e. The van der Waals surface area contributed by atoms with Crippen molar-refractivity contribution in [2.45, 2.75) is 36.9 Å². The van der Waals surface area contributed by atoms with Crippen LogP contribution in [-0.2, 0) is 14.6 Å². The lowest BCUT2D eigenvalue weighted by molar-refractivity contribution is -0.191. The lowest BCUT2D eigenvalue weighted by Crippen LogP contribution is -2.64. The predicted octanol–water partition coefficient (Wildman–Crippen LogP) is 0.274. The van der Waals surface area contributed by atoms with Gasteiger partial charge in [-0.3, -0.25) is 9.69 Å². The van der Waals surface area contributed by atoms with E-state index in [2.05, 4.69) is 5.32 Å². The van der Waals surface area contributed by atoms with Crippen molar-refractivity contribution in [1.82, 2.24) is 10.2 Å². The number of hydrogen-bond acceptors (Lipinski definition) is 4. The molecule has 0 aromatic heterocycles. The van der Waals surface area contributed by atoms with Gasteiger partial charge in [-0.05, 0) is 19.3 Å². The molecule has 2 unspecified atom stereocenters. The van der Waals surface area contributed by atoms with E-state index in [9.17, 15) is 26.4 Å². The molecule has 0 aromatic rings. The van der Waals surface area contributed by atoms with Crippen molar-refractivity contribution < 1.29 is 26.4 Å². The molecule has 0 spiro atoms. The summed E-state index contributed by atoms with van der Waals surface area (Å²) in [6, 6.07) is -1.93. The lowest BCUT2D eigenvalue weighted by Gasteiger charge is -2.42. The molecule has 2 aliphatic heterocycles. The van der Waals surface area contributed by atoms with Crippen molar-refractivity contribution in [2.24, 2.45) is 0 Å². The average molecular weight is 300 g/mol. The first kappa shape index (κ1) is 14.6. The van der Waals surface area contributed by atoms with E-state index in [0.717, 1.165) is 4.90 Å². The van der Waals surface area contributed by atoms with Gasteiger partial charge in [-0.15, -0.1) is 0 Å². The first-order valence-electron chi connectivity index (χ1n) is 6.02. The molecule has 2 rings (SSSR count). The molecule has 19 heavy (non-hydrogen) atoms. The number of carbonyl (C=O) groups excluding carboxylic acids is 1. The Bertz CT molecular complexity index is 463. The Labute approximate surface area is 109 Å². The topological polar surface area (TPSA) is 66.5 Å². The van der Waals surface area contributed by atoms with Crippen LogP contribution in [0, 0.1) is 0 Å². The summed E-state index contributed by atoms with van der Waals surface area (Å²) in [6.45, 7) is -1.11. The first-order valence-corrected chi connectivity index (χ1v) is 7.74. The van der Waals surface area contributed by atoms with E-state index in [1.54, 1.807) is 0 Å². The van der Waals surface area contributed by atoms with E-state index in [1.807, 2.05) is 0 Å². The summed E-state index contributed by atoms with van der Waals surface area (Å²) in [7, 11) is -3.59. The summed E-state index contributed by atoms with van der Waals surface area (Å²) in [5.41, 5.74) is 0. The third-order valence-electron chi connectivity index (χ3n) is 3.51. The third-order valence-corrected chi connectivity index (χ3v) is 5.70. The molecule has 5 nitrogen and oxygen atoms in total. The molecule has 9 heteroatoms. The highest BCUT2D eigenvalue weighted by molar-refractivity contribution is 7.92. The van der Waals surface area contributed by atoms with E-state index >= 15 is 0 Å². The molecular formula is C10H15F3N2O3S. The molecule has 0 aliphatic carbocycles. The number of sulfone groups is 1. The van der Waals surface area contributed by atoms with Gasteiger partial charge in [-0.1, -0.05) is 0 Å². The second kappa shape index (κ2) is 4.93. The summed E-state index contributed by atoms with van der Waals surface area (Å²) in [4.78, 5) is 12.1. The van der Waals surface area contributed by atoms with Gasteiger partial charge in [-0.2, -0.15) is 13.2 Å². The molecular weight excluding hydrogens is 285 g/mol. The molecule has 1 N–H and O–H groups in total. The number of carbonyl (C=O) groups is 1. The molecule has 2 heterocycles. The molecule has 0 aromatic carbocycles. The molecule has 1 amide bonds. The maximum absolute atomic E-state index is 12.9. The van der Waals surface area contributed by atoms with Gasteiger partial charge in [0.1, 0.15) is 11.4 Å². The number of alkyl halides is 3. The van der Waals surface area contributed by atoms with Gasteiger partial charge in [-0.25, -0.2) is 8.42 Å². The van der Waals surface area contributed by atoms with Crippen molar-refractivity contribution in [1.29, 1.82) is 0 Å². The Balaban J connectivity index is 2.29. The van der Waals surface area contributed by atoms with Crippen molar-refractivity contribution in [3.8, 4) is 0 Å². The van der Waals surface area contributed by atoms with Gasteiger partial charge in [0.05, 0.1) is 12.3 Å². The number of nitrogens with zero attached hydrogens (tertiary/aromatic N) is 1. The highest BCUT2D eigenvalue weighted by Gasteiger charge is 2.51. The normalized spacial score (nSPS) is 32.9. The molecule has 110 valence electrons. The number of halogens is 3. The van der Waals surface area contributed by atoms with Gasteiger partial charge < -0.3 is 5.32 Å². The summed E-state index contributed by atoms with van der Waals surface area (Å²) >= 11 is 0. The lowest BCUT2D eigenvalue weighted by atomic mass is 10.1. The monoisotopic (exact) mass is 300 g/mol. The van der Waals surface area contributed by atoms with Gasteiger partial charge in [0.25, 0.3) is 0 Å². The minimum Gasteiger partial charge on any atom is -0.353 e. The molecule has 2 atom stereocenters. The maximum Gasteiger partial charge on any atom is 0.405 e. The standard InChI is InChI=1S/C10H15F3N2O3S/c11-10(12,13)7-5-14-8(16)6-15(7)9-3-1-2-4-19(9,17)18/h7,9H,1-6H2,(H,14,16). The van der Waals surface area contributed by atoms with Crippen LogP contribution < -0.4 is 5.32 Å². The third kappa shape index (κ3) is 3.02. The number of hydrogen-bond donors (Lipinski definition) is 1. The maximum atomic E-state index is 12.9. The van der Waals surface area contributed by atoms with E-state index in [4.69, 9.17) is 0 Å². The molecule has 0 bridgehead atoms. The van der Waals surface area contributed by atoms with E-state index in [-0.39, 0.29) is 12.2 Å². The van der Waals surface area contributed by atoms with Crippen LogP contribution in [0.3, 0.4) is 0 Å².